The van der Waals surface area contributed by atoms with E-state index in [0.29, 0.717) is 10.5 Å². The third kappa shape index (κ3) is 2.83. The van der Waals surface area contributed by atoms with E-state index in [1.54, 1.807) is 0 Å². The summed E-state index contributed by atoms with van der Waals surface area (Å²) in [7, 11) is 0. The lowest BCUT2D eigenvalue weighted by molar-refractivity contribution is 0.631. The Morgan fingerprint density at radius 1 is 1.30 bits per heavy atom. The number of fused-ring (bicyclic) bond motifs is 1. The average molecular weight is 304 g/mol. The second kappa shape index (κ2) is 6.37. The highest BCUT2D eigenvalue weighted by Crippen LogP contribution is 2.39. The molecule has 20 heavy (non-hydrogen) atoms. The summed E-state index contributed by atoms with van der Waals surface area (Å²) < 4.78 is 0. The minimum atomic E-state index is 0.113. The third-order valence-electron chi connectivity index (χ3n) is 3.86. The number of pyridine rings is 1. The number of hydrogen-bond donors (Lipinski definition) is 1. The van der Waals surface area contributed by atoms with Crippen LogP contribution in [0.15, 0.2) is 36.5 Å². The molecule has 0 saturated carbocycles. The van der Waals surface area contributed by atoms with Crippen LogP contribution in [0.5, 0.6) is 0 Å². The van der Waals surface area contributed by atoms with E-state index in [0.717, 1.165) is 5.52 Å². The molecule has 4 heteroatoms. The van der Waals surface area contributed by atoms with Crippen molar-refractivity contribution in [1.29, 1.82) is 0 Å². The highest BCUT2D eigenvalue weighted by atomic mass is 32.2. The third-order valence-corrected chi connectivity index (χ3v) is 7.23. The van der Waals surface area contributed by atoms with Crippen molar-refractivity contribution in [2.75, 3.05) is 11.5 Å². The molecular formula is C16H20N2S2. The van der Waals surface area contributed by atoms with Crippen molar-refractivity contribution < 1.29 is 0 Å². The maximum absolute atomic E-state index is 6.57. The monoisotopic (exact) mass is 304 g/mol. The van der Waals surface area contributed by atoms with Gasteiger partial charge in [-0.2, -0.15) is 23.5 Å². The fourth-order valence-corrected chi connectivity index (χ4v) is 5.94. The summed E-state index contributed by atoms with van der Waals surface area (Å²) in [6.45, 7) is 2.27. The van der Waals surface area contributed by atoms with Gasteiger partial charge in [0.2, 0.25) is 0 Å². The first-order chi connectivity index (χ1) is 9.79. The van der Waals surface area contributed by atoms with Gasteiger partial charge in [-0.25, -0.2) is 0 Å². The summed E-state index contributed by atoms with van der Waals surface area (Å²) >= 11 is 4.13. The molecule has 0 bridgehead atoms. The molecule has 0 spiro atoms. The number of nitrogens with two attached hydrogens (primary N) is 1. The molecule has 0 radical (unpaired) electrons. The lowest BCUT2D eigenvalue weighted by Gasteiger charge is -2.34. The molecule has 1 aliphatic heterocycles. The molecule has 1 fully saturated rings. The van der Waals surface area contributed by atoms with Crippen LogP contribution in [0, 0.1) is 0 Å². The molecule has 0 aliphatic carbocycles. The van der Waals surface area contributed by atoms with Crippen LogP contribution in [0.1, 0.15) is 24.9 Å². The van der Waals surface area contributed by atoms with Gasteiger partial charge in [0.15, 0.2) is 0 Å². The van der Waals surface area contributed by atoms with Crippen molar-refractivity contribution in [2.24, 2.45) is 5.73 Å². The number of benzene rings is 1. The van der Waals surface area contributed by atoms with E-state index in [9.17, 15) is 0 Å². The van der Waals surface area contributed by atoms with Gasteiger partial charge in [0.1, 0.15) is 0 Å². The lowest BCUT2D eigenvalue weighted by Crippen LogP contribution is -2.35. The summed E-state index contributed by atoms with van der Waals surface area (Å²) in [5.74, 6) is 2.47. The van der Waals surface area contributed by atoms with Gasteiger partial charge in [0.05, 0.1) is 5.52 Å². The number of rotatable bonds is 3. The molecule has 3 rings (SSSR count). The molecule has 3 atom stereocenters. The molecule has 2 aromatic rings. The van der Waals surface area contributed by atoms with Crippen LogP contribution in [0.3, 0.4) is 0 Å². The first kappa shape index (κ1) is 14.2. The van der Waals surface area contributed by atoms with Crippen LogP contribution in [-0.4, -0.2) is 27.0 Å². The molecule has 3 unspecified atom stereocenters. The minimum absolute atomic E-state index is 0.113. The molecular weight excluding hydrogens is 284 g/mol. The Kier molecular flexibility index (Phi) is 4.54. The summed E-state index contributed by atoms with van der Waals surface area (Å²) in [5.41, 5.74) is 8.85. The fraction of sp³-hybridized carbons (Fsp3) is 0.438. The maximum atomic E-state index is 6.57. The SMILES string of the molecule is CCC1SCCSC1C(N)c1ccc2ncccc2c1. The predicted molar refractivity (Wildman–Crippen MR) is 91.5 cm³/mol. The maximum Gasteiger partial charge on any atom is 0.0702 e. The van der Waals surface area contributed by atoms with Gasteiger partial charge in [-0.15, -0.1) is 0 Å². The molecule has 1 aliphatic rings. The molecule has 2 N–H and O–H groups in total. The highest BCUT2D eigenvalue weighted by Gasteiger charge is 2.30. The Morgan fingerprint density at radius 2 is 2.15 bits per heavy atom. The first-order valence-electron chi connectivity index (χ1n) is 7.13. The summed E-state index contributed by atoms with van der Waals surface area (Å²) in [4.78, 5) is 4.38. The molecule has 2 heterocycles. The standard InChI is InChI=1S/C16H20N2S2/c1-2-14-16(20-9-8-19-14)15(17)12-5-6-13-11(10-12)4-3-7-18-13/h3-7,10,14-16H,2,8-9,17H2,1H3. The van der Waals surface area contributed by atoms with Gasteiger partial charge in [0.25, 0.3) is 0 Å². The van der Waals surface area contributed by atoms with E-state index < -0.39 is 0 Å². The lowest BCUT2D eigenvalue weighted by atomic mass is 9.99. The summed E-state index contributed by atoms with van der Waals surface area (Å²) in [5, 5.41) is 2.38. The number of thioether (sulfide) groups is 2. The van der Waals surface area contributed by atoms with E-state index >= 15 is 0 Å². The van der Waals surface area contributed by atoms with Crippen LogP contribution < -0.4 is 5.73 Å². The van der Waals surface area contributed by atoms with E-state index in [2.05, 4.69) is 47.9 Å². The molecule has 2 nitrogen and oxygen atoms in total. The van der Waals surface area contributed by atoms with Gasteiger partial charge < -0.3 is 5.73 Å². The Bertz CT molecular complexity index is 587. The molecule has 1 aromatic heterocycles. The zero-order chi connectivity index (χ0) is 13.9. The quantitative estimate of drug-likeness (QED) is 0.934. The normalized spacial score (nSPS) is 24.7. The fourth-order valence-electron chi connectivity index (χ4n) is 2.76. The molecule has 106 valence electrons. The molecule has 1 saturated heterocycles. The first-order valence-corrected chi connectivity index (χ1v) is 9.23. The van der Waals surface area contributed by atoms with Crippen molar-refractivity contribution in [2.45, 2.75) is 29.9 Å². The average Bonchev–Trinajstić information content (AvgIpc) is 2.53. The number of nitrogens with zero attached hydrogens (tertiary/aromatic N) is 1. The van der Waals surface area contributed by atoms with Crippen LogP contribution >= 0.6 is 23.5 Å². The van der Waals surface area contributed by atoms with E-state index in [1.165, 1.54) is 28.9 Å². The van der Waals surface area contributed by atoms with Gasteiger partial charge in [0, 0.05) is 39.6 Å². The van der Waals surface area contributed by atoms with Gasteiger partial charge in [-0.1, -0.05) is 19.1 Å². The zero-order valence-electron chi connectivity index (χ0n) is 11.7. The second-order valence-electron chi connectivity index (χ2n) is 5.13. The topological polar surface area (TPSA) is 38.9 Å². The van der Waals surface area contributed by atoms with E-state index in [4.69, 9.17) is 5.73 Å². The van der Waals surface area contributed by atoms with Crippen molar-refractivity contribution in [3.05, 3.63) is 42.1 Å². The smallest absolute Gasteiger partial charge is 0.0702 e. The number of hydrogen-bond acceptors (Lipinski definition) is 4. The zero-order valence-corrected chi connectivity index (χ0v) is 13.3. The number of aromatic nitrogens is 1. The summed E-state index contributed by atoms with van der Waals surface area (Å²) in [6.07, 6.45) is 3.04. The van der Waals surface area contributed by atoms with Crippen LogP contribution in [0.2, 0.25) is 0 Å². The van der Waals surface area contributed by atoms with E-state index in [1.807, 2.05) is 24.0 Å². The van der Waals surface area contributed by atoms with Crippen LogP contribution in [0.25, 0.3) is 10.9 Å². The van der Waals surface area contributed by atoms with Crippen molar-refractivity contribution in [1.82, 2.24) is 4.98 Å². The second-order valence-corrected chi connectivity index (χ2v) is 7.77. The van der Waals surface area contributed by atoms with E-state index in [-0.39, 0.29) is 6.04 Å². The molecule has 1 aromatic carbocycles. The highest BCUT2D eigenvalue weighted by molar-refractivity contribution is 8.07. The van der Waals surface area contributed by atoms with Crippen molar-refractivity contribution >= 4 is 34.4 Å². The summed E-state index contributed by atoms with van der Waals surface area (Å²) in [6, 6.07) is 10.6. The van der Waals surface area contributed by atoms with Gasteiger partial charge >= 0.3 is 0 Å². The Hall–Kier alpha value is -0.710. The van der Waals surface area contributed by atoms with Crippen molar-refractivity contribution in [3.63, 3.8) is 0 Å². The predicted octanol–water partition coefficient (Wildman–Crippen LogP) is 3.86. The Labute approximate surface area is 128 Å². The minimum Gasteiger partial charge on any atom is -0.323 e. The Balaban J connectivity index is 1.89. The van der Waals surface area contributed by atoms with Gasteiger partial charge in [-0.3, -0.25) is 4.98 Å². The Morgan fingerprint density at radius 3 is 3.00 bits per heavy atom. The van der Waals surface area contributed by atoms with Crippen LogP contribution in [-0.2, 0) is 0 Å². The van der Waals surface area contributed by atoms with Crippen molar-refractivity contribution in [3.8, 4) is 0 Å². The van der Waals surface area contributed by atoms with Gasteiger partial charge in [-0.05, 0) is 30.2 Å². The molecule has 0 amide bonds. The van der Waals surface area contributed by atoms with Crippen LogP contribution in [0.4, 0.5) is 0 Å². The largest absolute Gasteiger partial charge is 0.323 e.